The summed E-state index contributed by atoms with van der Waals surface area (Å²) in [6, 6.07) is 5.13. The average Bonchev–Trinajstić information content (AvgIpc) is 3.16. The fourth-order valence-electron chi connectivity index (χ4n) is 2.40. The normalized spacial score (nSPS) is 17.4. The summed E-state index contributed by atoms with van der Waals surface area (Å²) in [6.45, 7) is 0. The molecule has 0 aromatic heterocycles. The number of benzene rings is 1. The van der Waals surface area contributed by atoms with Crippen molar-refractivity contribution < 1.29 is 19.1 Å². The molecule has 0 aliphatic carbocycles. The van der Waals surface area contributed by atoms with Crippen molar-refractivity contribution in [3.05, 3.63) is 23.8 Å². The molecule has 138 valence electrons. The Morgan fingerprint density at radius 1 is 1.28 bits per heavy atom. The van der Waals surface area contributed by atoms with Crippen LogP contribution in [0, 0.1) is 0 Å². The van der Waals surface area contributed by atoms with Crippen molar-refractivity contribution >= 4 is 33.4 Å². The smallest absolute Gasteiger partial charge is 0.335 e. The van der Waals surface area contributed by atoms with Crippen LogP contribution in [0.1, 0.15) is 37.7 Å². The number of oxime groups is 1. The van der Waals surface area contributed by atoms with Gasteiger partial charge in [0, 0.05) is 23.0 Å². The fraction of sp³-hybridized carbons (Fsp3) is 0.529. The number of amidine groups is 1. The average molecular weight is 385 g/mol. The van der Waals surface area contributed by atoms with Crippen LogP contribution < -0.4 is 15.2 Å². The molecule has 2 rings (SSSR count). The van der Waals surface area contributed by atoms with Crippen LogP contribution in [0.2, 0.25) is 0 Å². The second-order valence-electron chi connectivity index (χ2n) is 5.58. The summed E-state index contributed by atoms with van der Waals surface area (Å²) in [5, 5.41) is 4.46. The number of rotatable bonds is 9. The molecule has 0 bridgehead atoms. The zero-order valence-electron chi connectivity index (χ0n) is 14.5. The van der Waals surface area contributed by atoms with E-state index in [0.29, 0.717) is 23.5 Å². The molecule has 8 heteroatoms. The molecule has 6 nitrogen and oxygen atoms in total. The van der Waals surface area contributed by atoms with Gasteiger partial charge in [-0.1, -0.05) is 33.2 Å². The van der Waals surface area contributed by atoms with E-state index in [1.165, 1.54) is 19.3 Å². The Labute approximate surface area is 156 Å². The number of methoxy groups -OCH3 is 2. The van der Waals surface area contributed by atoms with Crippen LogP contribution in [0.15, 0.2) is 23.4 Å². The summed E-state index contributed by atoms with van der Waals surface area (Å²) in [5.41, 5.74) is 6.47. The van der Waals surface area contributed by atoms with E-state index in [0.717, 1.165) is 24.5 Å². The van der Waals surface area contributed by atoms with E-state index in [1.807, 2.05) is 21.6 Å². The van der Waals surface area contributed by atoms with Crippen LogP contribution in [0.3, 0.4) is 0 Å². The Morgan fingerprint density at radius 2 is 2.08 bits per heavy atom. The zero-order chi connectivity index (χ0) is 18.1. The molecule has 2 N–H and O–H groups in total. The van der Waals surface area contributed by atoms with Crippen molar-refractivity contribution in [2.24, 2.45) is 10.9 Å². The lowest BCUT2D eigenvalue weighted by atomic mass is 10.1. The highest BCUT2D eigenvalue weighted by molar-refractivity contribution is 8.77. The van der Waals surface area contributed by atoms with E-state index in [9.17, 15) is 4.79 Å². The zero-order valence-corrected chi connectivity index (χ0v) is 16.2. The lowest BCUT2D eigenvalue weighted by Crippen LogP contribution is -2.15. The molecular weight excluding hydrogens is 360 g/mol. The van der Waals surface area contributed by atoms with Gasteiger partial charge in [-0.3, -0.25) is 0 Å². The first-order valence-electron chi connectivity index (χ1n) is 8.18. The summed E-state index contributed by atoms with van der Waals surface area (Å²) in [7, 11) is 6.99. The summed E-state index contributed by atoms with van der Waals surface area (Å²) < 4.78 is 10.4. The lowest BCUT2D eigenvalue weighted by Gasteiger charge is -2.09. The van der Waals surface area contributed by atoms with Crippen molar-refractivity contribution in [2.45, 2.75) is 37.4 Å². The number of carbonyl (C=O) groups is 1. The van der Waals surface area contributed by atoms with Crippen molar-refractivity contribution in [3.8, 4) is 11.5 Å². The Hall–Kier alpha value is -1.54. The maximum absolute atomic E-state index is 11.8. The number of ether oxygens (including phenoxy) is 2. The van der Waals surface area contributed by atoms with E-state index < -0.39 is 0 Å². The van der Waals surface area contributed by atoms with E-state index in [-0.39, 0.29) is 11.8 Å². The van der Waals surface area contributed by atoms with Gasteiger partial charge in [-0.15, -0.1) is 0 Å². The van der Waals surface area contributed by atoms with Crippen LogP contribution in [0.25, 0.3) is 0 Å². The van der Waals surface area contributed by atoms with Crippen LogP contribution >= 0.6 is 21.6 Å². The maximum atomic E-state index is 11.8. The summed E-state index contributed by atoms with van der Waals surface area (Å²) >= 11 is 0. The van der Waals surface area contributed by atoms with E-state index in [2.05, 4.69) is 5.16 Å². The third kappa shape index (κ3) is 6.36. The van der Waals surface area contributed by atoms with Gasteiger partial charge in [0.15, 0.2) is 17.3 Å². The molecule has 25 heavy (non-hydrogen) atoms. The highest BCUT2D eigenvalue weighted by Crippen LogP contribution is 2.39. The molecule has 1 heterocycles. The monoisotopic (exact) mass is 384 g/mol. The lowest BCUT2D eigenvalue weighted by molar-refractivity contribution is -0.143. The van der Waals surface area contributed by atoms with Gasteiger partial charge in [0.25, 0.3) is 0 Å². The number of carbonyl (C=O) groups excluding carboxylic acids is 1. The van der Waals surface area contributed by atoms with Crippen molar-refractivity contribution in [1.82, 2.24) is 0 Å². The SMILES string of the molecule is COc1ccc(C(N)=NOC(=O)CCCCC2CCSS2)cc1OC. The molecule has 1 saturated heterocycles. The van der Waals surface area contributed by atoms with Gasteiger partial charge < -0.3 is 20.0 Å². The van der Waals surface area contributed by atoms with Crippen molar-refractivity contribution in [3.63, 3.8) is 0 Å². The predicted octanol–water partition coefficient (Wildman–Crippen LogP) is 3.58. The molecule has 1 aromatic rings. The number of hydrogen-bond donors (Lipinski definition) is 1. The van der Waals surface area contributed by atoms with Gasteiger partial charge in [-0.05, 0) is 37.5 Å². The molecule has 1 fully saturated rings. The summed E-state index contributed by atoms with van der Waals surface area (Å²) in [4.78, 5) is 16.7. The van der Waals surface area contributed by atoms with Gasteiger partial charge in [-0.2, -0.15) is 0 Å². The van der Waals surface area contributed by atoms with Gasteiger partial charge >= 0.3 is 5.97 Å². The largest absolute Gasteiger partial charge is 0.493 e. The molecule has 1 unspecified atom stereocenters. The summed E-state index contributed by atoms with van der Waals surface area (Å²) in [5.74, 6) is 2.12. The minimum Gasteiger partial charge on any atom is -0.493 e. The molecule has 0 spiro atoms. The van der Waals surface area contributed by atoms with Gasteiger partial charge in [0.1, 0.15) is 0 Å². The van der Waals surface area contributed by atoms with Gasteiger partial charge in [-0.25, -0.2) is 4.79 Å². The Balaban J connectivity index is 1.76. The number of unbranched alkanes of at least 4 members (excludes halogenated alkanes) is 1. The second kappa shape index (κ2) is 10.5. The molecule has 0 amide bonds. The maximum Gasteiger partial charge on any atom is 0.335 e. The summed E-state index contributed by atoms with van der Waals surface area (Å²) in [6.07, 6.45) is 4.62. The quantitative estimate of drug-likeness (QED) is 0.174. The first-order valence-corrected chi connectivity index (χ1v) is 10.6. The van der Waals surface area contributed by atoms with Gasteiger partial charge in [0.2, 0.25) is 0 Å². The Morgan fingerprint density at radius 3 is 2.76 bits per heavy atom. The van der Waals surface area contributed by atoms with Gasteiger partial charge in [0.05, 0.1) is 14.2 Å². The molecular formula is C17H24N2O4S2. The first kappa shape index (κ1) is 19.8. The standard InChI is InChI=1S/C17H24N2O4S2/c1-21-14-8-7-12(11-15(14)22-2)17(18)19-23-16(20)6-4-3-5-13-9-10-24-25-13/h7-8,11,13H,3-6,9-10H2,1-2H3,(H2,18,19). The van der Waals surface area contributed by atoms with Crippen molar-refractivity contribution in [2.75, 3.05) is 20.0 Å². The van der Waals surface area contributed by atoms with Crippen LogP contribution in [-0.2, 0) is 9.63 Å². The number of nitrogens with two attached hydrogens (primary N) is 1. The third-order valence-corrected chi connectivity index (χ3v) is 6.82. The molecule has 1 aromatic carbocycles. The number of nitrogens with zero attached hydrogens (tertiary/aromatic N) is 1. The van der Waals surface area contributed by atoms with E-state index in [4.69, 9.17) is 20.0 Å². The molecule has 1 atom stereocenters. The predicted molar refractivity (Wildman–Crippen MR) is 103 cm³/mol. The van der Waals surface area contributed by atoms with Crippen LogP contribution in [-0.4, -0.2) is 37.0 Å². The minimum absolute atomic E-state index is 0.119. The second-order valence-corrected chi connectivity index (χ2v) is 8.37. The molecule has 1 aliphatic rings. The first-order chi connectivity index (χ1) is 12.1. The highest BCUT2D eigenvalue weighted by atomic mass is 33.1. The Bertz CT molecular complexity index is 604. The minimum atomic E-state index is -0.364. The highest BCUT2D eigenvalue weighted by Gasteiger charge is 2.16. The molecule has 0 radical (unpaired) electrons. The van der Waals surface area contributed by atoms with Crippen LogP contribution in [0.5, 0.6) is 11.5 Å². The number of hydrogen-bond acceptors (Lipinski definition) is 7. The van der Waals surface area contributed by atoms with Crippen molar-refractivity contribution in [1.29, 1.82) is 0 Å². The van der Waals surface area contributed by atoms with E-state index >= 15 is 0 Å². The molecule has 0 saturated carbocycles. The third-order valence-electron chi connectivity index (χ3n) is 3.81. The molecule has 1 aliphatic heterocycles. The fourth-order valence-corrected chi connectivity index (χ4v) is 5.43. The Kier molecular flexibility index (Phi) is 8.27. The van der Waals surface area contributed by atoms with Crippen LogP contribution in [0.4, 0.5) is 0 Å². The van der Waals surface area contributed by atoms with E-state index in [1.54, 1.807) is 25.3 Å². The topological polar surface area (TPSA) is 83.1 Å².